The van der Waals surface area contributed by atoms with Crippen molar-refractivity contribution in [3.63, 3.8) is 0 Å². The van der Waals surface area contributed by atoms with Crippen molar-refractivity contribution in [2.45, 2.75) is 6.54 Å². The van der Waals surface area contributed by atoms with Crippen molar-refractivity contribution in [3.8, 4) is 0 Å². The molecule has 3 aromatic heterocycles. The van der Waals surface area contributed by atoms with E-state index in [1.807, 2.05) is 6.20 Å². The first kappa shape index (κ1) is 7.16. The third kappa shape index (κ3) is 0.692. The van der Waals surface area contributed by atoms with Gasteiger partial charge in [0.25, 0.3) is 0 Å². The number of hydrogen-bond acceptors (Lipinski definition) is 1. The second kappa shape index (κ2) is 2.25. The summed E-state index contributed by atoms with van der Waals surface area (Å²) < 4.78 is 5.16. The van der Waals surface area contributed by atoms with Crippen LogP contribution in [0.1, 0.15) is 5.56 Å². The molecule has 0 aliphatic carbocycles. The molecule has 0 amide bonds. The number of nitrogens with zero attached hydrogens (tertiary/aromatic N) is 2. The molecule has 0 spiro atoms. The average molecular weight is 246 g/mol. The average Bonchev–Trinajstić information content (AvgIpc) is 2.74. The molecular weight excluding hydrogens is 239 g/mol. The molecule has 0 saturated heterocycles. The molecule has 0 saturated carbocycles. The third-order valence-corrected chi connectivity index (χ3v) is 5.03. The van der Waals surface area contributed by atoms with E-state index in [-0.39, 0.29) is 0 Å². The molecule has 0 unspecified atom stereocenters. The fourth-order valence-corrected chi connectivity index (χ4v) is 4.58. The van der Waals surface area contributed by atoms with E-state index in [4.69, 9.17) is 0 Å². The van der Waals surface area contributed by atoms with Crippen molar-refractivity contribution in [2.75, 3.05) is 0 Å². The first-order valence-electron chi connectivity index (χ1n) is 4.62. The van der Waals surface area contributed by atoms with E-state index in [9.17, 15) is 0 Å². The van der Waals surface area contributed by atoms with E-state index in [1.54, 1.807) is 0 Å². The Hall–Kier alpha value is -1.18. The normalized spacial score (nSPS) is 13.4. The Bertz CT molecular complexity index is 613. The van der Waals surface area contributed by atoms with Crippen LogP contribution in [0, 0.1) is 0 Å². The number of aromatic nitrogens is 2. The zero-order valence-electron chi connectivity index (χ0n) is 7.40. The summed E-state index contributed by atoms with van der Waals surface area (Å²) in [4.78, 5) is 4.48. The molecule has 66 valence electrons. The van der Waals surface area contributed by atoms with Gasteiger partial charge in [-0.15, -0.1) is 0 Å². The van der Waals surface area contributed by atoms with Crippen LogP contribution in [0.3, 0.4) is 0 Å². The van der Waals surface area contributed by atoms with Crippen LogP contribution in [0.4, 0.5) is 0 Å². The van der Waals surface area contributed by atoms with Gasteiger partial charge in [0.05, 0.1) is 0 Å². The van der Waals surface area contributed by atoms with Gasteiger partial charge in [0.1, 0.15) is 0 Å². The Kier molecular flexibility index (Phi) is 1.15. The van der Waals surface area contributed by atoms with Gasteiger partial charge in [0.2, 0.25) is 0 Å². The van der Waals surface area contributed by atoms with E-state index in [1.165, 1.54) is 25.1 Å². The van der Waals surface area contributed by atoms with Crippen molar-refractivity contribution in [1.29, 1.82) is 0 Å². The van der Waals surface area contributed by atoms with E-state index in [0.717, 1.165) is 6.54 Å². The van der Waals surface area contributed by atoms with Gasteiger partial charge >= 0.3 is 86.3 Å². The van der Waals surface area contributed by atoms with E-state index >= 15 is 0 Å². The van der Waals surface area contributed by atoms with Crippen molar-refractivity contribution >= 4 is 34.1 Å². The molecule has 4 heterocycles. The fraction of sp³-hybridized carbons (Fsp3) is 0.0909. The zero-order chi connectivity index (χ0) is 9.12. The summed E-state index contributed by atoms with van der Waals surface area (Å²) in [6, 6.07) is 6.54. The molecule has 0 radical (unpaired) electrons. The number of rotatable bonds is 0. The molecule has 0 N–H and O–H groups in total. The zero-order valence-corrected chi connectivity index (χ0v) is 9.11. The molecule has 3 heteroatoms. The first-order valence-corrected chi connectivity index (χ1v) is 6.33. The molecule has 0 atom stereocenters. The summed E-state index contributed by atoms with van der Waals surface area (Å²) in [5, 5.41) is 1.43. The molecular formula is C11H7N2Se+. The molecule has 0 fully saturated rings. The van der Waals surface area contributed by atoms with Gasteiger partial charge < -0.3 is 0 Å². The SMILES string of the molecule is c1cc2[se]c3nccc4c3c2[n+](c1)C4. The maximum absolute atomic E-state index is 4.48. The minimum absolute atomic E-state index is 0.435. The Labute approximate surface area is 86.6 Å². The van der Waals surface area contributed by atoms with Crippen LogP contribution in [-0.4, -0.2) is 19.5 Å². The topological polar surface area (TPSA) is 16.8 Å². The molecule has 14 heavy (non-hydrogen) atoms. The van der Waals surface area contributed by atoms with Gasteiger partial charge in [-0.2, -0.15) is 0 Å². The van der Waals surface area contributed by atoms with Crippen LogP contribution in [0.25, 0.3) is 19.6 Å². The van der Waals surface area contributed by atoms with Crippen LogP contribution in [0.2, 0.25) is 0 Å². The summed E-state index contributed by atoms with van der Waals surface area (Å²) in [6.45, 7) is 1.03. The molecule has 3 aromatic rings. The van der Waals surface area contributed by atoms with Gasteiger partial charge in [0.15, 0.2) is 0 Å². The van der Waals surface area contributed by atoms with Crippen molar-refractivity contribution < 1.29 is 4.57 Å². The van der Waals surface area contributed by atoms with Crippen molar-refractivity contribution in [3.05, 3.63) is 36.2 Å². The molecule has 0 aromatic carbocycles. The quantitative estimate of drug-likeness (QED) is 0.335. The molecule has 1 aliphatic rings. The molecule has 1 aliphatic heterocycles. The Balaban J connectivity index is 2.46. The second-order valence-corrected chi connectivity index (χ2v) is 5.76. The molecule has 4 rings (SSSR count). The van der Waals surface area contributed by atoms with E-state index in [0.29, 0.717) is 14.5 Å². The monoisotopic (exact) mass is 247 g/mol. The van der Waals surface area contributed by atoms with Crippen LogP contribution in [0.15, 0.2) is 30.6 Å². The summed E-state index contributed by atoms with van der Waals surface area (Å²) in [5.74, 6) is 0. The Morgan fingerprint density at radius 3 is 3.36 bits per heavy atom. The number of pyridine rings is 2. The van der Waals surface area contributed by atoms with Crippen LogP contribution in [-0.2, 0) is 6.54 Å². The van der Waals surface area contributed by atoms with Crippen molar-refractivity contribution in [2.24, 2.45) is 0 Å². The summed E-state index contributed by atoms with van der Waals surface area (Å²) in [5.41, 5.74) is 2.88. The fourth-order valence-electron chi connectivity index (χ4n) is 2.24. The maximum atomic E-state index is 4.48. The van der Waals surface area contributed by atoms with E-state index in [2.05, 4.69) is 33.9 Å². The van der Waals surface area contributed by atoms with Gasteiger partial charge in [-0.3, -0.25) is 0 Å². The number of hydrogen-bond donors (Lipinski definition) is 0. The Morgan fingerprint density at radius 2 is 2.36 bits per heavy atom. The van der Waals surface area contributed by atoms with Crippen LogP contribution < -0.4 is 4.57 Å². The van der Waals surface area contributed by atoms with Crippen molar-refractivity contribution in [1.82, 2.24) is 4.98 Å². The summed E-state index contributed by atoms with van der Waals surface area (Å²) in [7, 11) is 0. The molecule has 0 bridgehead atoms. The summed E-state index contributed by atoms with van der Waals surface area (Å²) >= 11 is 0.435. The minimum atomic E-state index is 0.435. The molecule has 2 nitrogen and oxygen atoms in total. The van der Waals surface area contributed by atoms with Gasteiger partial charge in [-0.25, -0.2) is 0 Å². The van der Waals surface area contributed by atoms with Gasteiger partial charge in [-0.05, 0) is 0 Å². The van der Waals surface area contributed by atoms with Crippen LogP contribution >= 0.6 is 0 Å². The standard InChI is InChI=1S/C11H7N2Se/c1-2-8-10-9-7(6-13(10)5-1)3-4-12-11(9)14-8/h1-5H,6H2/q+1. The van der Waals surface area contributed by atoms with Crippen LogP contribution in [0.5, 0.6) is 0 Å². The predicted molar refractivity (Wildman–Crippen MR) is 55.5 cm³/mol. The van der Waals surface area contributed by atoms with Gasteiger partial charge in [0, 0.05) is 0 Å². The third-order valence-electron chi connectivity index (χ3n) is 2.82. The predicted octanol–water partition coefficient (Wildman–Crippen LogP) is 1.09. The Morgan fingerprint density at radius 1 is 1.36 bits per heavy atom. The second-order valence-electron chi connectivity index (χ2n) is 3.60. The summed E-state index contributed by atoms with van der Waals surface area (Å²) in [6.07, 6.45) is 4.12. The van der Waals surface area contributed by atoms with E-state index < -0.39 is 0 Å². The first-order chi connectivity index (χ1) is 6.93. The van der Waals surface area contributed by atoms with Gasteiger partial charge in [-0.1, -0.05) is 0 Å².